The normalized spacial score (nSPS) is 21.3. The third-order valence-electron chi connectivity index (χ3n) is 4.11. The Balaban J connectivity index is 2.07. The van der Waals surface area contributed by atoms with E-state index in [4.69, 9.17) is 9.47 Å². The highest BCUT2D eigenvalue weighted by Gasteiger charge is 2.35. The molecule has 0 radical (unpaired) electrons. The van der Waals surface area contributed by atoms with Gasteiger partial charge >= 0.3 is 0 Å². The van der Waals surface area contributed by atoms with Crippen LogP contribution in [0.15, 0.2) is 18.2 Å². The van der Waals surface area contributed by atoms with Crippen molar-refractivity contribution in [3.8, 4) is 11.5 Å². The number of carbonyl (C=O) groups is 1. The SMILES string of the molecule is COc1ccc(CC(=O)N2C[C@H](O)[C@@H](N(C)C)C2)c(OC)c1. The van der Waals surface area contributed by atoms with Crippen LogP contribution < -0.4 is 9.47 Å². The van der Waals surface area contributed by atoms with Crippen molar-refractivity contribution in [2.24, 2.45) is 0 Å². The number of methoxy groups -OCH3 is 2. The van der Waals surface area contributed by atoms with Gasteiger partial charge in [0.2, 0.25) is 5.91 Å². The molecule has 0 spiro atoms. The zero-order chi connectivity index (χ0) is 16.3. The van der Waals surface area contributed by atoms with Crippen molar-refractivity contribution >= 4 is 5.91 Å². The Kier molecular flexibility index (Phi) is 5.26. The summed E-state index contributed by atoms with van der Waals surface area (Å²) in [6.45, 7) is 0.922. The summed E-state index contributed by atoms with van der Waals surface area (Å²) < 4.78 is 10.5. The van der Waals surface area contributed by atoms with Crippen LogP contribution in [0.2, 0.25) is 0 Å². The average Bonchev–Trinajstić information content (AvgIpc) is 2.90. The first kappa shape index (κ1) is 16.6. The van der Waals surface area contributed by atoms with Crippen molar-refractivity contribution < 1.29 is 19.4 Å². The van der Waals surface area contributed by atoms with Crippen molar-refractivity contribution in [1.82, 2.24) is 9.80 Å². The Morgan fingerprint density at radius 1 is 1.32 bits per heavy atom. The first-order valence-electron chi connectivity index (χ1n) is 7.29. The van der Waals surface area contributed by atoms with Gasteiger partial charge in [-0.2, -0.15) is 0 Å². The molecule has 1 aromatic rings. The predicted octanol–water partition coefficient (Wildman–Crippen LogP) is 0.380. The number of likely N-dealkylation sites (tertiary alicyclic amines) is 1. The second kappa shape index (κ2) is 6.98. The molecule has 1 aliphatic rings. The first-order valence-corrected chi connectivity index (χ1v) is 7.29. The maximum absolute atomic E-state index is 12.5. The molecule has 0 bridgehead atoms. The third-order valence-corrected chi connectivity index (χ3v) is 4.11. The highest BCUT2D eigenvalue weighted by molar-refractivity contribution is 5.80. The second-order valence-electron chi connectivity index (χ2n) is 5.75. The van der Waals surface area contributed by atoms with Crippen LogP contribution in [0.5, 0.6) is 11.5 Å². The highest BCUT2D eigenvalue weighted by atomic mass is 16.5. The van der Waals surface area contributed by atoms with Crippen molar-refractivity contribution in [2.45, 2.75) is 18.6 Å². The van der Waals surface area contributed by atoms with Gasteiger partial charge in [0.1, 0.15) is 11.5 Å². The summed E-state index contributed by atoms with van der Waals surface area (Å²) in [4.78, 5) is 16.1. The maximum atomic E-state index is 12.5. The largest absolute Gasteiger partial charge is 0.497 e. The van der Waals surface area contributed by atoms with Gasteiger partial charge < -0.3 is 24.4 Å². The highest BCUT2D eigenvalue weighted by Crippen LogP contribution is 2.26. The van der Waals surface area contributed by atoms with E-state index in [0.717, 1.165) is 5.56 Å². The monoisotopic (exact) mass is 308 g/mol. The summed E-state index contributed by atoms with van der Waals surface area (Å²) in [5, 5.41) is 10.0. The van der Waals surface area contributed by atoms with E-state index in [-0.39, 0.29) is 18.4 Å². The number of hydrogen-bond donors (Lipinski definition) is 1. The Labute approximate surface area is 131 Å². The van der Waals surface area contributed by atoms with Gasteiger partial charge in [0.15, 0.2) is 0 Å². The van der Waals surface area contributed by atoms with Crippen molar-refractivity contribution in [1.29, 1.82) is 0 Å². The lowest BCUT2D eigenvalue weighted by atomic mass is 10.1. The number of amides is 1. The number of nitrogens with zero attached hydrogens (tertiary/aromatic N) is 2. The fourth-order valence-corrected chi connectivity index (χ4v) is 2.75. The van der Waals surface area contributed by atoms with E-state index in [0.29, 0.717) is 24.6 Å². The standard InChI is InChI=1S/C16H24N2O4/c1-17(2)13-9-18(10-14(13)19)16(20)7-11-5-6-12(21-3)8-15(11)22-4/h5-6,8,13-14,19H,7,9-10H2,1-4H3/t13-,14-/m0/s1. The van der Waals surface area contributed by atoms with Gasteiger partial charge in [-0.15, -0.1) is 0 Å². The molecule has 1 N–H and O–H groups in total. The Morgan fingerprint density at radius 2 is 2.05 bits per heavy atom. The molecule has 1 saturated heterocycles. The molecule has 0 aromatic heterocycles. The minimum absolute atomic E-state index is 0.00753. The molecule has 1 aliphatic heterocycles. The van der Waals surface area contributed by atoms with Gasteiger partial charge in [0, 0.05) is 24.7 Å². The molecule has 1 amide bonds. The zero-order valence-corrected chi connectivity index (χ0v) is 13.6. The Bertz CT molecular complexity index is 533. The van der Waals surface area contributed by atoms with Crippen LogP contribution in [0.25, 0.3) is 0 Å². The molecule has 6 nitrogen and oxygen atoms in total. The summed E-state index contributed by atoms with van der Waals surface area (Å²) in [6.07, 6.45) is -0.253. The molecule has 2 atom stereocenters. The van der Waals surface area contributed by atoms with Gasteiger partial charge in [-0.3, -0.25) is 4.79 Å². The molecule has 6 heteroatoms. The molecule has 1 aromatic carbocycles. The van der Waals surface area contributed by atoms with E-state index in [1.165, 1.54) is 0 Å². The fourth-order valence-electron chi connectivity index (χ4n) is 2.75. The number of rotatable bonds is 5. The molecule has 1 fully saturated rings. The second-order valence-corrected chi connectivity index (χ2v) is 5.75. The lowest BCUT2D eigenvalue weighted by Crippen LogP contribution is -2.38. The van der Waals surface area contributed by atoms with Gasteiger partial charge in [-0.25, -0.2) is 0 Å². The number of carbonyl (C=O) groups excluding carboxylic acids is 1. The van der Waals surface area contributed by atoms with Crippen molar-refractivity contribution in [3.63, 3.8) is 0 Å². The fraction of sp³-hybridized carbons (Fsp3) is 0.562. The summed E-state index contributed by atoms with van der Waals surface area (Å²) in [5.41, 5.74) is 0.816. The van der Waals surface area contributed by atoms with Gasteiger partial charge in [0.05, 0.1) is 32.8 Å². The number of ether oxygens (including phenoxy) is 2. The Hall–Kier alpha value is -1.79. The smallest absolute Gasteiger partial charge is 0.227 e. The van der Waals surface area contributed by atoms with Crippen LogP contribution in [0.3, 0.4) is 0 Å². The summed E-state index contributed by atoms with van der Waals surface area (Å²) in [7, 11) is 6.99. The number of aliphatic hydroxyl groups is 1. The van der Waals surface area contributed by atoms with Gasteiger partial charge in [-0.1, -0.05) is 6.07 Å². The number of likely N-dealkylation sites (N-methyl/N-ethyl adjacent to an activating group) is 1. The Morgan fingerprint density at radius 3 is 2.59 bits per heavy atom. The van der Waals surface area contributed by atoms with Crippen LogP contribution in [0.1, 0.15) is 5.56 Å². The molecule has 0 saturated carbocycles. The van der Waals surface area contributed by atoms with E-state index >= 15 is 0 Å². The van der Waals surface area contributed by atoms with E-state index in [1.54, 1.807) is 25.2 Å². The van der Waals surface area contributed by atoms with Crippen LogP contribution in [0, 0.1) is 0 Å². The quantitative estimate of drug-likeness (QED) is 0.852. The predicted molar refractivity (Wildman–Crippen MR) is 83.3 cm³/mol. The number of hydrogen-bond acceptors (Lipinski definition) is 5. The van der Waals surface area contributed by atoms with E-state index < -0.39 is 6.10 Å². The molecular weight excluding hydrogens is 284 g/mol. The minimum atomic E-state index is -0.503. The maximum Gasteiger partial charge on any atom is 0.227 e. The van der Waals surface area contributed by atoms with E-state index in [2.05, 4.69) is 0 Å². The molecule has 22 heavy (non-hydrogen) atoms. The van der Waals surface area contributed by atoms with E-state index in [9.17, 15) is 9.90 Å². The van der Waals surface area contributed by atoms with Crippen molar-refractivity contribution in [3.05, 3.63) is 23.8 Å². The topological polar surface area (TPSA) is 62.2 Å². The minimum Gasteiger partial charge on any atom is -0.497 e. The molecular formula is C16H24N2O4. The number of benzene rings is 1. The summed E-state index contributed by atoms with van der Waals surface area (Å²) in [6, 6.07) is 5.41. The van der Waals surface area contributed by atoms with Crippen molar-refractivity contribution in [2.75, 3.05) is 41.4 Å². The number of β-amino-alcohol motifs (C(OH)–C–C–N with tert-alkyl or cyclic N) is 1. The van der Waals surface area contributed by atoms with Gasteiger partial charge in [-0.05, 0) is 20.2 Å². The van der Waals surface area contributed by atoms with Crippen LogP contribution in [-0.2, 0) is 11.2 Å². The van der Waals surface area contributed by atoms with Crippen LogP contribution in [0.4, 0.5) is 0 Å². The zero-order valence-electron chi connectivity index (χ0n) is 13.6. The van der Waals surface area contributed by atoms with Gasteiger partial charge in [0.25, 0.3) is 0 Å². The summed E-state index contributed by atoms with van der Waals surface area (Å²) >= 11 is 0. The third kappa shape index (κ3) is 3.51. The lowest BCUT2D eigenvalue weighted by Gasteiger charge is -2.21. The first-order chi connectivity index (χ1) is 10.5. The average molecular weight is 308 g/mol. The number of aliphatic hydroxyl groups excluding tert-OH is 1. The van der Waals surface area contributed by atoms with Crippen LogP contribution >= 0.6 is 0 Å². The van der Waals surface area contributed by atoms with Crippen LogP contribution in [-0.4, -0.2) is 74.4 Å². The molecule has 1 heterocycles. The van der Waals surface area contributed by atoms with E-state index in [1.807, 2.05) is 31.1 Å². The lowest BCUT2D eigenvalue weighted by molar-refractivity contribution is -0.129. The summed E-state index contributed by atoms with van der Waals surface area (Å²) in [5.74, 6) is 1.32. The molecule has 122 valence electrons. The molecule has 0 aliphatic carbocycles. The molecule has 0 unspecified atom stereocenters. The molecule has 2 rings (SSSR count).